The lowest BCUT2D eigenvalue weighted by atomic mass is 10.3. The van der Waals surface area contributed by atoms with E-state index in [1.165, 1.54) is 0 Å². The molecule has 0 rings (SSSR count). The van der Waals surface area contributed by atoms with Crippen molar-refractivity contribution in [2.45, 2.75) is 26.3 Å². The topological polar surface area (TPSA) is 32.5 Å². The Labute approximate surface area is 82.9 Å². The summed E-state index contributed by atoms with van der Waals surface area (Å²) in [5.41, 5.74) is 5.44. The minimum atomic E-state index is 0.642. The second-order valence-corrected chi connectivity index (χ2v) is 4.02. The van der Waals surface area contributed by atoms with E-state index in [2.05, 4.69) is 37.7 Å². The maximum atomic E-state index is 5.44. The van der Waals surface area contributed by atoms with Gasteiger partial charge in [-0.3, -0.25) is 0 Å². The minimum Gasteiger partial charge on any atom is -0.330 e. The van der Waals surface area contributed by atoms with Crippen molar-refractivity contribution in [1.29, 1.82) is 0 Å². The number of hydrogen-bond donors (Lipinski definition) is 1. The molecular formula is C10H25N3. The Morgan fingerprint density at radius 1 is 1.08 bits per heavy atom. The van der Waals surface area contributed by atoms with Crippen molar-refractivity contribution in [2.75, 3.05) is 40.3 Å². The molecule has 80 valence electrons. The molecule has 3 nitrogen and oxygen atoms in total. The van der Waals surface area contributed by atoms with E-state index in [4.69, 9.17) is 5.73 Å². The molecule has 0 bridgehead atoms. The summed E-state index contributed by atoms with van der Waals surface area (Å²) in [5.74, 6) is 0. The molecule has 0 aliphatic rings. The smallest absolute Gasteiger partial charge is 0.0109 e. The molecular weight excluding hydrogens is 162 g/mol. The van der Waals surface area contributed by atoms with Crippen LogP contribution >= 0.6 is 0 Å². The summed E-state index contributed by atoms with van der Waals surface area (Å²) < 4.78 is 0. The summed E-state index contributed by atoms with van der Waals surface area (Å²) in [6, 6.07) is 0.642. The van der Waals surface area contributed by atoms with Crippen LogP contribution in [-0.2, 0) is 0 Å². The van der Waals surface area contributed by atoms with Crippen LogP contribution in [0.2, 0.25) is 0 Å². The van der Waals surface area contributed by atoms with Crippen LogP contribution in [0.5, 0.6) is 0 Å². The predicted octanol–water partition coefficient (Wildman–Crippen LogP) is 0.607. The van der Waals surface area contributed by atoms with Crippen LogP contribution in [0.4, 0.5) is 0 Å². The fraction of sp³-hybridized carbons (Fsp3) is 1.00. The zero-order valence-electron chi connectivity index (χ0n) is 9.58. The number of hydrogen-bond acceptors (Lipinski definition) is 3. The van der Waals surface area contributed by atoms with Gasteiger partial charge in [-0.25, -0.2) is 0 Å². The first kappa shape index (κ1) is 12.9. The van der Waals surface area contributed by atoms with E-state index in [0.29, 0.717) is 6.04 Å². The molecule has 0 spiro atoms. The molecule has 0 radical (unpaired) electrons. The van der Waals surface area contributed by atoms with Gasteiger partial charge in [-0.15, -0.1) is 0 Å². The van der Waals surface area contributed by atoms with Crippen LogP contribution in [0.25, 0.3) is 0 Å². The second kappa shape index (κ2) is 7.30. The number of nitrogens with zero attached hydrogens (tertiary/aromatic N) is 2. The summed E-state index contributed by atoms with van der Waals surface area (Å²) in [4.78, 5) is 4.70. The van der Waals surface area contributed by atoms with Crippen molar-refractivity contribution in [1.82, 2.24) is 9.80 Å². The highest BCUT2D eigenvalue weighted by molar-refractivity contribution is 4.60. The molecule has 0 aliphatic carbocycles. The molecule has 0 aromatic carbocycles. The van der Waals surface area contributed by atoms with Gasteiger partial charge in [0.05, 0.1) is 0 Å². The van der Waals surface area contributed by atoms with Gasteiger partial charge in [0, 0.05) is 19.1 Å². The highest BCUT2D eigenvalue weighted by atomic mass is 15.2. The summed E-state index contributed by atoms with van der Waals surface area (Å²) in [6.07, 6.45) is 1.10. The molecule has 0 aliphatic heterocycles. The average Bonchev–Trinajstić information content (AvgIpc) is 2.10. The molecule has 0 amide bonds. The van der Waals surface area contributed by atoms with Gasteiger partial charge >= 0.3 is 0 Å². The molecule has 0 heterocycles. The third-order valence-electron chi connectivity index (χ3n) is 2.46. The van der Waals surface area contributed by atoms with Gasteiger partial charge in [-0.05, 0) is 47.5 Å². The summed E-state index contributed by atoms with van der Waals surface area (Å²) >= 11 is 0. The fourth-order valence-corrected chi connectivity index (χ4v) is 1.06. The number of likely N-dealkylation sites (N-methyl/N-ethyl adjacent to an activating group) is 2. The SMILES string of the molecule is CC(C)N(C)CCN(C)CCCN. The lowest BCUT2D eigenvalue weighted by Crippen LogP contribution is -2.35. The molecule has 0 unspecified atom stereocenters. The highest BCUT2D eigenvalue weighted by Crippen LogP contribution is 1.94. The highest BCUT2D eigenvalue weighted by Gasteiger charge is 2.04. The molecule has 0 saturated carbocycles. The first-order valence-electron chi connectivity index (χ1n) is 5.16. The zero-order chi connectivity index (χ0) is 10.3. The Morgan fingerprint density at radius 2 is 1.69 bits per heavy atom. The van der Waals surface area contributed by atoms with Crippen LogP contribution in [-0.4, -0.2) is 56.1 Å². The monoisotopic (exact) mass is 187 g/mol. The molecule has 3 heteroatoms. The van der Waals surface area contributed by atoms with Crippen LogP contribution in [0.3, 0.4) is 0 Å². The van der Waals surface area contributed by atoms with Gasteiger partial charge in [-0.2, -0.15) is 0 Å². The van der Waals surface area contributed by atoms with Gasteiger partial charge in [-0.1, -0.05) is 0 Å². The molecule has 13 heavy (non-hydrogen) atoms. The van der Waals surface area contributed by atoms with Crippen LogP contribution in [0.15, 0.2) is 0 Å². The Balaban J connectivity index is 3.40. The van der Waals surface area contributed by atoms with Gasteiger partial charge in [0.2, 0.25) is 0 Å². The van der Waals surface area contributed by atoms with E-state index in [9.17, 15) is 0 Å². The van der Waals surface area contributed by atoms with E-state index in [0.717, 1.165) is 32.6 Å². The van der Waals surface area contributed by atoms with Crippen LogP contribution in [0.1, 0.15) is 20.3 Å². The van der Waals surface area contributed by atoms with Crippen LogP contribution < -0.4 is 5.73 Å². The zero-order valence-corrected chi connectivity index (χ0v) is 9.58. The number of rotatable bonds is 7. The first-order valence-corrected chi connectivity index (χ1v) is 5.16. The Kier molecular flexibility index (Phi) is 7.23. The lowest BCUT2D eigenvalue weighted by Gasteiger charge is -2.24. The Bertz CT molecular complexity index is 115. The van der Waals surface area contributed by atoms with E-state index in [1.54, 1.807) is 0 Å². The van der Waals surface area contributed by atoms with E-state index < -0.39 is 0 Å². The lowest BCUT2D eigenvalue weighted by molar-refractivity contribution is 0.224. The Hall–Kier alpha value is -0.120. The van der Waals surface area contributed by atoms with Crippen molar-refractivity contribution in [3.05, 3.63) is 0 Å². The third kappa shape index (κ3) is 6.99. The standard InChI is InChI=1S/C10H25N3/c1-10(2)13(4)9-8-12(3)7-5-6-11/h10H,5-9,11H2,1-4H3. The normalized spacial score (nSPS) is 12.0. The molecule has 0 aromatic heterocycles. The largest absolute Gasteiger partial charge is 0.330 e. The molecule has 0 atom stereocenters. The fourth-order valence-electron chi connectivity index (χ4n) is 1.06. The molecule has 0 saturated heterocycles. The average molecular weight is 187 g/mol. The van der Waals surface area contributed by atoms with Gasteiger partial charge in [0.1, 0.15) is 0 Å². The van der Waals surface area contributed by atoms with Crippen molar-refractivity contribution >= 4 is 0 Å². The first-order chi connectivity index (χ1) is 6.07. The summed E-state index contributed by atoms with van der Waals surface area (Å²) in [6.45, 7) is 8.62. The maximum absolute atomic E-state index is 5.44. The molecule has 2 N–H and O–H groups in total. The quantitative estimate of drug-likeness (QED) is 0.634. The third-order valence-corrected chi connectivity index (χ3v) is 2.46. The Morgan fingerprint density at radius 3 is 2.15 bits per heavy atom. The second-order valence-electron chi connectivity index (χ2n) is 4.02. The molecule has 0 fully saturated rings. The van der Waals surface area contributed by atoms with E-state index in [1.807, 2.05) is 0 Å². The van der Waals surface area contributed by atoms with Crippen LogP contribution in [0, 0.1) is 0 Å². The predicted molar refractivity (Wildman–Crippen MR) is 58.9 cm³/mol. The van der Waals surface area contributed by atoms with Crippen molar-refractivity contribution in [2.24, 2.45) is 5.73 Å². The van der Waals surface area contributed by atoms with Crippen molar-refractivity contribution < 1.29 is 0 Å². The minimum absolute atomic E-state index is 0.642. The number of nitrogens with two attached hydrogens (primary N) is 1. The molecule has 0 aromatic rings. The van der Waals surface area contributed by atoms with Crippen molar-refractivity contribution in [3.63, 3.8) is 0 Å². The van der Waals surface area contributed by atoms with E-state index >= 15 is 0 Å². The van der Waals surface area contributed by atoms with Gasteiger partial charge in [0.15, 0.2) is 0 Å². The maximum Gasteiger partial charge on any atom is 0.0109 e. The van der Waals surface area contributed by atoms with Crippen molar-refractivity contribution in [3.8, 4) is 0 Å². The summed E-state index contributed by atoms with van der Waals surface area (Å²) in [7, 11) is 4.32. The van der Waals surface area contributed by atoms with E-state index in [-0.39, 0.29) is 0 Å². The summed E-state index contributed by atoms with van der Waals surface area (Å²) in [5, 5.41) is 0. The van der Waals surface area contributed by atoms with Gasteiger partial charge < -0.3 is 15.5 Å². The van der Waals surface area contributed by atoms with Gasteiger partial charge in [0.25, 0.3) is 0 Å².